The van der Waals surface area contributed by atoms with Crippen LogP contribution < -0.4 is 5.73 Å². The summed E-state index contributed by atoms with van der Waals surface area (Å²) in [4.78, 5) is 4.26. The molecule has 0 fully saturated rings. The molecular formula is C16H19N5. The maximum absolute atomic E-state index is 5.57. The van der Waals surface area contributed by atoms with Crippen LogP contribution in [0.5, 0.6) is 0 Å². The van der Waals surface area contributed by atoms with Gasteiger partial charge in [0.05, 0.1) is 24.4 Å². The number of aryl methyl sites for hydroxylation is 1. The third-order valence-electron chi connectivity index (χ3n) is 3.52. The van der Waals surface area contributed by atoms with Crippen LogP contribution in [0.1, 0.15) is 11.1 Å². The van der Waals surface area contributed by atoms with E-state index in [1.165, 1.54) is 11.1 Å². The number of benzene rings is 1. The first-order valence-electron chi connectivity index (χ1n) is 7.03. The number of nitrogens with two attached hydrogens (primary N) is 1. The van der Waals surface area contributed by atoms with Crippen molar-refractivity contribution >= 4 is 0 Å². The molecule has 0 atom stereocenters. The van der Waals surface area contributed by atoms with Crippen LogP contribution in [0.4, 0.5) is 0 Å². The Bertz CT molecular complexity index is 708. The topological polar surface area (TPSA) is 61.7 Å². The van der Waals surface area contributed by atoms with Crippen molar-refractivity contribution in [3.05, 3.63) is 60.3 Å². The summed E-state index contributed by atoms with van der Waals surface area (Å²) in [5.74, 6) is 0. The molecule has 1 aromatic carbocycles. The number of hydrogen-bond donors (Lipinski definition) is 1. The van der Waals surface area contributed by atoms with Gasteiger partial charge in [-0.15, -0.1) is 0 Å². The summed E-state index contributed by atoms with van der Waals surface area (Å²) in [5, 5.41) is 4.22. The van der Waals surface area contributed by atoms with Crippen molar-refractivity contribution in [2.75, 3.05) is 6.54 Å². The lowest BCUT2D eigenvalue weighted by atomic mass is 10.1. The van der Waals surface area contributed by atoms with Gasteiger partial charge in [-0.05, 0) is 24.1 Å². The zero-order valence-electron chi connectivity index (χ0n) is 12.1. The molecule has 2 heterocycles. The van der Waals surface area contributed by atoms with Crippen molar-refractivity contribution in [1.29, 1.82) is 0 Å². The molecular weight excluding hydrogens is 262 g/mol. The fraction of sp³-hybridized carbons (Fsp3) is 0.250. The van der Waals surface area contributed by atoms with Gasteiger partial charge in [-0.2, -0.15) is 5.10 Å². The van der Waals surface area contributed by atoms with E-state index in [1.807, 2.05) is 32.0 Å². The van der Waals surface area contributed by atoms with Gasteiger partial charge in [-0.1, -0.05) is 24.3 Å². The van der Waals surface area contributed by atoms with E-state index >= 15 is 0 Å². The van der Waals surface area contributed by atoms with Crippen LogP contribution in [0.25, 0.3) is 11.3 Å². The highest BCUT2D eigenvalue weighted by atomic mass is 15.2. The van der Waals surface area contributed by atoms with Crippen LogP contribution >= 0.6 is 0 Å². The van der Waals surface area contributed by atoms with Crippen molar-refractivity contribution in [2.45, 2.75) is 13.0 Å². The molecule has 108 valence electrons. The van der Waals surface area contributed by atoms with E-state index < -0.39 is 0 Å². The molecule has 0 saturated heterocycles. The average Bonchev–Trinajstić information content (AvgIpc) is 3.10. The monoisotopic (exact) mass is 281 g/mol. The Balaban J connectivity index is 1.81. The first-order valence-corrected chi connectivity index (χ1v) is 7.03. The zero-order valence-corrected chi connectivity index (χ0v) is 12.1. The summed E-state index contributed by atoms with van der Waals surface area (Å²) in [5.41, 5.74) is 10.3. The number of nitrogens with zero attached hydrogens (tertiary/aromatic N) is 4. The van der Waals surface area contributed by atoms with E-state index in [4.69, 9.17) is 5.73 Å². The molecule has 0 aliphatic heterocycles. The van der Waals surface area contributed by atoms with Crippen molar-refractivity contribution in [3.8, 4) is 11.3 Å². The highest BCUT2D eigenvalue weighted by Gasteiger charge is 2.07. The largest absolute Gasteiger partial charge is 0.330 e. The molecule has 5 nitrogen and oxygen atoms in total. The number of aromatic nitrogens is 4. The maximum atomic E-state index is 5.57. The molecule has 0 radical (unpaired) electrons. The van der Waals surface area contributed by atoms with Crippen LogP contribution in [0.15, 0.2) is 49.2 Å². The summed E-state index contributed by atoms with van der Waals surface area (Å²) >= 11 is 0. The summed E-state index contributed by atoms with van der Waals surface area (Å²) < 4.78 is 3.93. The van der Waals surface area contributed by atoms with Crippen LogP contribution in [0.3, 0.4) is 0 Å². The zero-order chi connectivity index (χ0) is 14.7. The van der Waals surface area contributed by atoms with Crippen LogP contribution in [-0.2, 0) is 20.0 Å². The predicted molar refractivity (Wildman–Crippen MR) is 82.7 cm³/mol. The van der Waals surface area contributed by atoms with Gasteiger partial charge in [-0.3, -0.25) is 4.68 Å². The quantitative estimate of drug-likeness (QED) is 0.776. The van der Waals surface area contributed by atoms with Gasteiger partial charge in [0, 0.05) is 25.4 Å². The Hall–Kier alpha value is -2.40. The number of imidazole rings is 1. The molecule has 2 N–H and O–H groups in total. The van der Waals surface area contributed by atoms with Crippen molar-refractivity contribution in [2.24, 2.45) is 12.8 Å². The summed E-state index contributed by atoms with van der Waals surface area (Å²) in [6, 6.07) is 8.59. The van der Waals surface area contributed by atoms with Gasteiger partial charge in [-0.25, -0.2) is 4.98 Å². The van der Waals surface area contributed by atoms with E-state index in [2.05, 4.69) is 38.9 Å². The van der Waals surface area contributed by atoms with E-state index in [0.29, 0.717) is 6.54 Å². The summed E-state index contributed by atoms with van der Waals surface area (Å²) in [6.45, 7) is 1.49. The Morgan fingerprint density at radius 3 is 2.52 bits per heavy atom. The highest BCUT2D eigenvalue weighted by Crippen LogP contribution is 2.19. The Morgan fingerprint density at radius 2 is 1.86 bits per heavy atom. The first-order chi connectivity index (χ1) is 10.3. The lowest BCUT2D eigenvalue weighted by molar-refractivity contribution is 0.767. The van der Waals surface area contributed by atoms with Crippen LogP contribution in [0, 0.1) is 0 Å². The van der Waals surface area contributed by atoms with Crippen LogP contribution in [-0.4, -0.2) is 25.9 Å². The third-order valence-corrected chi connectivity index (χ3v) is 3.52. The second kappa shape index (κ2) is 5.93. The van der Waals surface area contributed by atoms with E-state index in [1.54, 1.807) is 4.68 Å². The van der Waals surface area contributed by atoms with Gasteiger partial charge in [0.25, 0.3) is 0 Å². The minimum Gasteiger partial charge on any atom is -0.330 e. The Kier molecular flexibility index (Phi) is 3.83. The van der Waals surface area contributed by atoms with Crippen molar-refractivity contribution < 1.29 is 0 Å². The normalized spacial score (nSPS) is 11.0. The molecule has 2 aromatic heterocycles. The minimum absolute atomic E-state index is 0.687. The van der Waals surface area contributed by atoms with Gasteiger partial charge in [0.1, 0.15) is 0 Å². The standard InChI is InChI=1S/C16H19N5/c1-20-11-15(8-19-20)16-9-18-12-21(16)10-14-4-2-13(3-5-14)6-7-17/h2-5,8-9,11-12H,6-7,10,17H2,1H3. The first kappa shape index (κ1) is 13.6. The molecule has 0 aliphatic carbocycles. The minimum atomic E-state index is 0.687. The smallest absolute Gasteiger partial charge is 0.0954 e. The van der Waals surface area contributed by atoms with Crippen molar-refractivity contribution in [3.63, 3.8) is 0 Å². The average molecular weight is 281 g/mol. The number of rotatable bonds is 5. The van der Waals surface area contributed by atoms with Gasteiger partial charge in [0.15, 0.2) is 0 Å². The molecule has 0 bridgehead atoms. The summed E-state index contributed by atoms with van der Waals surface area (Å²) in [6.07, 6.45) is 8.51. The van der Waals surface area contributed by atoms with Gasteiger partial charge >= 0.3 is 0 Å². The lowest BCUT2D eigenvalue weighted by Crippen LogP contribution is -2.03. The van der Waals surface area contributed by atoms with Crippen LogP contribution in [0.2, 0.25) is 0 Å². The van der Waals surface area contributed by atoms with Gasteiger partial charge in [0.2, 0.25) is 0 Å². The molecule has 5 heteroatoms. The lowest BCUT2D eigenvalue weighted by Gasteiger charge is -2.08. The second-order valence-corrected chi connectivity index (χ2v) is 5.16. The molecule has 3 aromatic rings. The van der Waals surface area contributed by atoms with Gasteiger partial charge < -0.3 is 10.3 Å². The molecule has 0 saturated carbocycles. The molecule has 0 unspecified atom stereocenters. The van der Waals surface area contributed by atoms with E-state index in [0.717, 1.165) is 24.2 Å². The molecule has 0 aliphatic rings. The molecule has 0 amide bonds. The predicted octanol–water partition coefficient (Wildman–Crippen LogP) is 1.83. The molecule has 3 rings (SSSR count). The fourth-order valence-corrected chi connectivity index (χ4v) is 2.42. The molecule has 0 spiro atoms. The number of hydrogen-bond acceptors (Lipinski definition) is 3. The molecule has 21 heavy (non-hydrogen) atoms. The Morgan fingerprint density at radius 1 is 1.10 bits per heavy atom. The fourth-order valence-electron chi connectivity index (χ4n) is 2.42. The summed E-state index contributed by atoms with van der Waals surface area (Å²) in [7, 11) is 1.92. The third kappa shape index (κ3) is 3.03. The Labute approximate surface area is 124 Å². The SMILES string of the molecule is Cn1cc(-c2cncn2Cc2ccc(CCN)cc2)cn1. The van der Waals surface area contributed by atoms with E-state index in [-0.39, 0.29) is 0 Å². The van der Waals surface area contributed by atoms with E-state index in [9.17, 15) is 0 Å². The second-order valence-electron chi connectivity index (χ2n) is 5.16. The maximum Gasteiger partial charge on any atom is 0.0954 e. The highest BCUT2D eigenvalue weighted by molar-refractivity contribution is 5.56. The van der Waals surface area contributed by atoms with Crippen molar-refractivity contribution in [1.82, 2.24) is 19.3 Å².